The van der Waals surface area contributed by atoms with E-state index in [0.717, 1.165) is 31.9 Å². The molecule has 1 aliphatic rings. The summed E-state index contributed by atoms with van der Waals surface area (Å²) in [5.74, 6) is 1.00. The Morgan fingerprint density at radius 2 is 2.19 bits per heavy atom. The van der Waals surface area contributed by atoms with Gasteiger partial charge in [-0.1, -0.05) is 25.1 Å². The molecule has 1 N–H and O–H groups in total. The van der Waals surface area contributed by atoms with E-state index >= 15 is 0 Å². The molecule has 3 rings (SSSR count). The Kier molecular flexibility index (Phi) is 4.36. The van der Waals surface area contributed by atoms with E-state index < -0.39 is 0 Å². The molecule has 0 spiro atoms. The van der Waals surface area contributed by atoms with E-state index in [4.69, 9.17) is 4.74 Å². The Labute approximate surface area is 125 Å². The molecule has 2 heterocycles. The Morgan fingerprint density at radius 3 is 3.10 bits per heavy atom. The molecule has 1 aromatic heterocycles. The van der Waals surface area contributed by atoms with Gasteiger partial charge < -0.3 is 15.0 Å². The van der Waals surface area contributed by atoms with Gasteiger partial charge in [0.25, 0.3) is 0 Å². The van der Waals surface area contributed by atoms with Crippen LogP contribution in [0.1, 0.15) is 18.1 Å². The summed E-state index contributed by atoms with van der Waals surface area (Å²) < 4.78 is 5.85. The van der Waals surface area contributed by atoms with Crippen LogP contribution in [-0.2, 0) is 13.1 Å². The summed E-state index contributed by atoms with van der Waals surface area (Å²) in [5, 5.41) is 3.38. The maximum Gasteiger partial charge on any atom is 0.124 e. The van der Waals surface area contributed by atoms with E-state index in [1.54, 1.807) is 0 Å². The molecule has 0 radical (unpaired) electrons. The first-order chi connectivity index (χ1) is 10.4. The fraction of sp³-hybridized carbons (Fsp3) is 0.353. The van der Waals surface area contributed by atoms with Crippen molar-refractivity contribution in [3.63, 3.8) is 0 Å². The van der Waals surface area contributed by atoms with Gasteiger partial charge in [-0.25, -0.2) is 0 Å². The quantitative estimate of drug-likeness (QED) is 0.936. The van der Waals surface area contributed by atoms with E-state index in [-0.39, 0.29) is 0 Å². The molecule has 0 bridgehead atoms. The van der Waals surface area contributed by atoms with Gasteiger partial charge in [-0.3, -0.25) is 4.98 Å². The molecule has 21 heavy (non-hydrogen) atoms. The smallest absolute Gasteiger partial charge is 0.124 e. The van der Waals surface area contributed by atoms with Crippen molar-refractivity contribution in [1.29, 1.82) is 0 Å². The molecule has 0 saturated carbocycles. The molecule has 0 amide bonds. The zero-order chi connectivity index (χ0) is 14.5. The van der Waals surface area contributed by atoms with E-state index in [0.29, 0.717) is 6.61 Å². The number of hydrogen-bond acceptors (Lipinski definition) is 4. The number of anilines is 1. The molecule has 0 unspecified atom stereocenters. The van der Waals surface area contributed by atoms with Gasteiger partial charge in [0.2, 0.25) is 0 Å². The molecule has 0 saturated heterocycles. The van der Waals surface area contributed by atoms with E-state index in [1.807, 2.05) is 24.5 Å². The van der Waals surface area contributed by atoms with Crippen molar-refractivity contribution in [2.24, 2.45) is 0 Å². The van der Waals surface area contributed by atoms with E-state index in [1.165, 1.54) is 16.8 Å². The third-order valence-corrected chi connectivity index (χ3v) is 3.74. The summed E-state index contributed by atoms with van der Waals surface area (Å²) in [6, 6.07) is 10.4. The third kappa shape index (κ3) is 3.16. The molecule has 0 fully saturated rings. The minimum absolute atomic E-state index is 0.708. The molecule has 2 aromatic rings. The summed E-state index contributed by atoms with van der Waals surface area (Å²) in [6.45, 7) is 6.39. The molecular formula is C17H21N3O. The highest BCUT2D eigenvalue weighted by molar-refractivity contribution is 5.54. The highest BCUT2D eigenvalue weighted by Gasteiger charge is 2.17. The van der Waals surface area contributed by atoms with Gasteiger partial charge in [-0.2, -0.15) is 0 Å². The number of aromatic nitrogens is 1. The van der Waals surface area contributed by atoms with Gasteiger partial charge in [0.15, 0.2) is 0 Å². The Bertz CT molecular complexity index is 600. The summed E-state index contributed by atoms with van der Waals surface area (Å²) in [7, 11) is 0. The first kappa shape index (κ1) is 13.9. The number of fused-ring (bicyclic) bond motifs is 1. The lowest BCUT2D eigenvalue weighted by molar-refractivity contribution is 0.331. The zero-order valence-electron chi connectivity index (χ0n) is 12.4. The highest BCUT2D eigenvalue weighted by Crippen LogP contribution is 2.27. The molecule has 1 aromatic carbocycles. The Morgan fingerprint density at radius 1 is 1.29 bits per heavy atom. The van der Waals surface area contributed by atoms with Crippen LogP contribution in [0.2, 0.25) is 0 Å². The van der Waals surface area contributed by atoms with Gasteiger partial charge >= 0.3 is 0 Å². The second-order valence-electron chi connectivity index (χ2n) is 5.16. The van der Waals surface area contributed by atoms with Crippen molar-refractivity contribution < 1.29 is 4.74 Å². The van der Waals surface area contributed by atoms with Crippen LogP contribution in [0.4, 0.5) is 5.69 Å². The second-order valence-corrected chi connectivity index (χ2v) is 5.16. The lowest BCUT2D eigenvalue weighted by atomic mass is 10.1. The van der Waals surface area contributed by atoms with E-state index in [9.17, 15) is 0 Å². The largest absolute Gasteiger partial charge is 0.491 e. The van der Waals surface area contributed by atoms with Gasteiger partial charge in [-0.05, 0) is 18.7 Å². The number of ether oxygens (including phenoxy) is 1. The van der Waals surface area contributed by atoms with Crippen molar-refractivity contribution in [2.45, 2.75) is 20.0 Å². The first-order valence-electron chi connectivity index (χ1n) is 7.47. The topological polar surface area (TPSA) is 37.4 Å². The number of para-hydroxylation sites is 1. The SMILES string of the molecule is CCNCc1cnccc1N1CCOc2ccccc2C1. The van der Waals surface area contributed by atoms with Crippen LogP contribution in [0.5, 0.6) is 5.75 Å². The molecule has 4 heteroatoms. The number of nitrogens with one attached hydrogen (secondary N) is 1. The third-order valence-electron chi connectivity index (χ3n) is 3.74. The Hall–Kier alpha value is -2.07. The van der Waals surface area contributed by atoms with Crippen molar-refractivity contribution in [3.05, 3.63) is 53.9 Å². The van der Waals surface area contributed by atoms with Gasteiger partial charge in [-0.15, -0.1) is 0 Å². The number of hydrogen-bond donors (Lipinski definition) is 1. The van der Waals surface area contributed by atoms with Crippen LogP contribution in [0.15, 0.2) is 42.7 Å². The van der Waals surface area contributed by atoms with E-state index in [2.05, 4.69) is 40.3 Å². The van der Waals surface area contributed by atoms with Gasteiger partial charge in [0.1, 0.15) is 12.4 Å². The standard InChI is InChI=1S/C17H21N3O/c1-2-18-11-15-12-19-8-7-16(15)20-9-10-21-17-6-4-3-5-14(17)13-20/h3-8,12,18H,2,9-11,13H2,1H3. The van der Waals surface area contributed by atoms with Crippen molar-refractivity contribution >= 4 is 5.69 Å². The Balaban J connectivity index is 1.87. The monoisotopic (exact) mass is 283 g/mol. The molecule has 110 valence electrons. The number of benzene rings is 1. The molecule has 4 nitrogen and oxygen atoms in total. The molecule has 1 aliphatic heterocycles. The average Bonchev–Trinajstić information content (AvgIpc) is 2.75. The summed E-state index contributed by atoms with van der Waals surface area (Å²) in [6.07, 6.45) is 3.82. The van der Waals surface area contributed by atoms with Crippen LogP contribution in [0, 0.1) is 0 Å². The minimum atomic E-state index is 0.708. The predicted molar refractivity (Wildman–Crippen MR) is 84.6 cm³/mol. The summed E-state index contributed by atoms with van der Waals surface area (Å²) in [5.41, 5.74) is 3.71. The fourth-order valence-electron chi connectivity index (χ4n) is 2.66. The highest BCUT2D eigenvalue weighted by atomic mass is 16.5. The van der Waals surface area contributed by atoms with Crippen LogP contribution in [0.3, 0.4) is 0 Å². The minimum Gasteiger partial charge on any atom is -0.491 e. The first-order valence-corrected chi connectivity index (χ1v) is 7.47. The van der Waals surface area contributed by atoms with Gasteiger partial charge in [0, 0.05) is 42.3 Å². The van der Waals surface area contributed by atoms with Crippen LogP contribution < -0.4 is 15.0 Å². The fourth-order valence-corrected chi connectivity index (χ4v) is 2.66. The number of rotatable bonds is 4. The number of nitrogens with zero attached hydrogens (tertiary/aromatic N) is 2. The van der Waals surface area contributed by atoms with Gasteiger partial charge in [0.05, 0.1) is 6.54 Å². The summed E-state index contributed by atoms with van der Waals surface area (Å²) >= 11 is 0. The maximum atomic E-state index is 5.85. The lowest BCUT2D eigenvalue weighted by Gasteiger charge is -2.24. The van der Waals surface area contributed by atoms with Crippen LogP contribution in [0.25, 0.3) is 0 Å². The predicted octanol–water partition coefficient (Wildman–Crippen LogP) is 2.59. The number of pyridine rings is 1. The second kappa shape index (κ2) is 6.59. The van der Waals surface area contributed by atoms with Crippen molar-refractivity contribution in [1.82, 2.24) is 10.3 Å². The molecular weight excluding hydrogens is 262 g/mol. The molecule has 0 aliphatic carbocycles. The zero-order valence-corrected chi connectivity index (χ0v) is 12.4. The lowest BCUT2D eigenvalue weighted by Crippen LogP contribution is -2.27. The van der Waals surface area contributed by atoms with Crippen molar-refractivity contribution in [2.75, 3.05) is 24.6 Å². The van der Waals surface area contributed by atoms with Crippen LogP contribution in [-0.4, -0.2) is 24.7 Å². The van der Waals surface area contributed by atoms with Crippen LogP contribution >= 0.6 is 0 Å². The van der Waals surface area contributed by atoms with Crippen molar-refractivity contribution in [3.8, 4) is 5.75 Å². The normalized spacial score (nSPS) is 14.2. The molecule has 0 atom stereocenters. The maximum absolute atomic E-state index is 5.85. The average molecular weight is 283 g/mol. The summed E-state index contributed by atoms with van der Waals surface area (Å²) in [4.78, 5) is 6.64.